The van der Waals surface area contributed by atoms with Gasteiger partial charge in [-0.15, -0.1) is 0 Å². The van der Waals surface area contributed by atoms with Crippen molar-refractivity contribution in [3.05, 3.63) is 35.4 Å². The fourth-order valence-corrected chi connectivity index (χ4v) is 2.10. The van der Waals surface area contributed by atoms with Crippen LogP contribution < -0.4 is 5.32 Å². The van der Waals surface area contributed by atoms with Crippen LogP contribution in [0.5, 0.6) is 0 Å². The molecule has 0 spiro atoms. The normalized spacial score (nSPS) is 18.5. The fraction of sp³-hybridized carbons (Fsp3) is 0.571. The van der Waals surface area contributed by atoms with E-state index < -0.39 is 0 Å². The van der Waals surface area contributed by atoms with Gasteiger partial charge in [-0.05, 0) is 44.7 Å². The number of hydrogen-bond acceptors (Lipinski definition) is 1. The predicted octanol–water partition coefficient (Wildman–Crippen LogP) is 3.45. The van der Waals surface area contributed by atoms with Gasteiger partial charge in [-0.25, -0.2) is 0 Å². The average Bonchev–Trinajstić information content (AvgIpc) is 2.15. The van der Waals surface area contributed by atoms with E-state index in [4.69, 9.17) is 0 Å². The molecule has 2 rings (SSSR count). The van der Waals surface area contributed by atoms with Gasteiger partial charge in [0, 0.05) is 6.04 Å². The van der Waals surface area contributed by atoms with Crippen molar-refractivity contribution in [1.29, 1.82) is 0 Å². The van der Waals surface area contributed by atoms with Gasteiger partial charge in [-0.1, -0.05) is 36.2 Å². The molecule has 0 unspecified atom stereocenters. The zero-order chi connectivity index (χ0) is 10.7. The van der Waals surface area contributed by atoms with Crippen molar-refractivity contribution >= 4 is 0 Å². The molecule has 1 aromatic carbocycles. The van der Waals surface area contributed by atoms with Crippen molar-refractivity contribution in [3.8, 4) is 0 Å². The van der Waals surface area contributed by atoms with Gasteiger partial charge in [0.15, 0.2) is 0 Å². The maximum absolute atomic E-state index is 3.63. The molecule has 0 heterocycles. The van der Waals surface area contributed by atoms with Gasteiger partial charge in [0.05, 0.1) is 0 Å². The summed E-state index contributed by atoms with van der Waals surface area (Å²) in [5.41, 5.74) is 2.76. The molecule has 0 amide bonds. The van der Waals surface area contributed by atoms with E-state index in [-0.39, 0.29) is 0 Å². The Morgan fingerprint density at radius 2 is 2.20 bits per heavy atom. The Balaban J connectivity index is 1.86. The third-order valence-corrected chi connectivity index (χ3v) is 3.48. The van der Waals surface area contributed by atoms with Crippen LogP contribution in [0.4, 0.5) is 0 Å². The highest BCUT2D eigenvalue weighted by molar-refractivity contribution is 5.24. The highest BCUT2D eigenvalue weighted by Crippen LogP contribution is 2.26. The molecule has 1 N–H and O–H groups in total. The molecule has 0 bridgehead atoms. The van der Waals surface area contributed by atoms with E-state index in [0.29, 0.717) is 6.04 Å². The zero-order valence-electron chi connectivity index (χ0n) is 9.79. The summed E-state index contributed by atoms with van der Waals surface area (Å²) >= 11 is 0. The van der Waals surface area contributed by atoms with E-state index in [0.717, 1.165) is 5.92 Å². The number of rotatable bonds is 4. The molecule has 1 aromatic rings. The van der Waals surface area contributed by atoms with Gasteiger partial charge in [-0.2, -0.15) is 0 Å². The second-order valence-electron chi connectivity index (χ2n) is 4.84. The summed E-state index contributed by atoms with van der Waals surface area (Å²) in [5, 5.41) is 3.63. The molecule has 0 aromatic heterocycles. The first-order valence-corrected chi connectivity index (χ1v) is 6.05. The fourth-order valence-electron chi connectivity index (χ4n) is 2.10. The highest BCUT2D eigenvalue weighted by Gasteiger charge is 2.17. The molecule has 1 nitrogen and oxygen atoms in total. The molecule has 1 aliphatic carbocycles. The molecule has 0 aliphatic heterocycles. The topological polar surface area (TPSA) is 12.0 Å². The van der Waals surface area contributed by atoms with E-state index >= 15 is 0 Å². The van der Waals surface area contributed by atoms with Crippen LogP contribution in [0.25, 0.3) is 0 Å². The molecular formula is C14H21N. The summed E-state index contributed by atoms with van der Waals surface area (Å²) in [6, 6.07) is 9.28. The smallest absolute Gasteiger partial charge is 0.0292 e. The van der Waals surface area contributed by atoms with Crippen LogP contribution in [-0.4, -0.2) is 6.54 Å². The summed E-state index contributed by atoms with van der Waals surface area (Å²) in [4.78, 5) is 0. The summed E-state index contributed by atoms with van der Waals surface area (Å²) in [5.74, 6) is 0.942. The molecule has 0 saturated heterocycles. The summed E-state index contributed by atoms with van der Waals surface area (Å²) in [6.07, 6.45) is 4.28. The highest BCUT2D eigenvalue weighted by atomic mass is 14.9. The molecule has 1 saturated carbocycles. The van der Waals surface area contributed by atoms with Gasteiger partial charge in [0.2, 0.25) is 0 Å². The number of nitrogens with one attached hydrogen (secondary N) is 1. The average molecular weight is 203 g/mol. The van der Waals surface area contributed by atoms with Gasteiger partial charge >= 0.3 is 0 Å². The molecular weight excluding hydrogens is 182 g/mol. The van der Waals surface area contributed by atoms with Crippen LogP contribution in [0, 0.1) is 12.8 Å². The van der Waals surface area contributed by atoms with Gasteiger partial charge in [0.25, 0.3) is 0 Å². The molecule has 1 atom stereocenters. The summed E-state index contributed by atoms with van der Waals surface area (Å²) < 4.78 is 0. The summed E-state index contributed by atoms with van der Waals surface area (Å²) in [6.45, 7) is 5.60. The van der Waals surface area contributed by atoms with E-state index in [1.54, 1.807) is 0 Å². The second kappa shape index (κ2) is 4.80. The third kappa shape index (κ3) is 2.82. The third-order valence-electron chi connectivity index (χ3n) is 3.48. The quantitative estimate of drug-likeness (QED) is 0.790. The van der Waals surface area contributed by atoms with Gasteiger partial charge < -0.3 is 5.32 Å². The molecule has 1 aliphatic rings. The van der Waals surface area contributed by atoms with E-state index in [2.05, 4.69) is 43.4 Å². The molecule has 0 radical (unpaired) electrons. The van der Waals surface area contributed by atoms with Crippen LogP contribution in [0.1, 0.15) is 43.4 Å². The number of aryl methyl sites for hydroxylation is 1. The van der Waals surface area contributed by atoms with Crippen molar-refractivity contribution < 1.29 is 0 Å². The van der Waals surface area contributed by atoms with Crippen LogP contribution >= 0.6 is 0 Å². The minimum atomic E-state index is 0.491. The number of benzene rings is 1. The first kappa shape index (κ1) is 10.7. The van der Waals surface area contributed by atoms with Crippen LogP contribution in [-0.2, 0) is 0 Å². The zero-order valence-corrected chi connectivity index (χ0v) is 9.79. The van der Waals surface area contributed by atoms with E-state index in [1.165, 1.54) is 36.9 Å². The number of hydrogen-bond donors (Lipinski definition) is 1. The van der Waals surface area contributed by atoms with Crippen molar-refractivity contribution in [2.75, 3.05) is 6.54 Å². The second-order valence-corrected chi connectivity index (χ2v) is 4.84. The van der Waals surface area contributed by atoms with Crippen LogP contribution in [0.2, 0.25) is 0 Å². The Morgan fingerprint density at radius 1 is 1.40 bits per heavy atom. The first-order chi connectivity index (χ1) is 7.25. The largest absolute Gasteiger partial charge is 0.310 e. The molecule has 1 heteroatoms. The lowest BCUT2D eigenvalue weighted by Gasteiger charge is -2.27. The molecule has 1 fully saturated rings. The Bertz CT molecular complexity index is 315. The Hall–Kier alpha value is -0.820. The van der Waals surface area contributed by atoms with Crippen LogP contribution in [0.3, 0.4) is 0 Å². The first-order valence-electron chi connectivity index (χ1n) is 6.05. The Labute approximate surface area is 92.9 Å². The lowest BCUT2D eigenvalue weighted by molar-refractivity contribution is 0.292. The van der Waals surface area contributed by atoms with Crippen molar-refractivity contribution in [3.63, 3.8) is 0 Å². The minimum Gasteiger partial charge on any atom is -0.310 e. The predicted molar refractivity (Wildman–Crippen MR) is 64.9 cm³/mol. The maximum Gasteiger partial charge on any atom is 0.0292 e. The standard InChI is InChI=1S/C14H21N/c1-11-5-3-8-14(9-11)12(2)15-10-13-6-4-7-13/h3,5,8-9,12-13,15H,4,6-7,10H2,1-2H3/t12-/m0/s1. The Morgan fingerprint density at radius 3 is 2.80 bits per heavy atom. The van der Waals surface area contributed by atoms with Gasteiger partial charge in [0.1, 0.15) is 0 Å². The van der Waals surface area contributed by atoms with Crippen LogP contribution in [0.15, 0.2) is 24.3 Å². The van der Waals surface area contributed by atoms with E-state index in [9.17, 15) is 0 Å². The maximum atomic E-state index is 3.63. The van der Waals surface area contributed by atoms with Gasteiger partial charge in [-0.3, -0.25) is 0 Å². The van der Waals surface area contributed by atoms with Crippen molar-refractivity contribution in [2.45, 2.75) is 39.2 Å². The molecule has 82 valence electrons. The lowest BCUT2D eigenvalue weighted by atomic mass is 9.85. The van der Waals surface area contributed by atoms with Crippen molar-refractivity contribution in [1.82, 2.24) is 5.32 Å². The SMILES string of the molecule is Cc1cccc([C@H](C)NCC2CCC2)c1. The van der Waals surface area contributed by atoms with Crippen molar-refractivity contribution in [2.24, 2.45) is 5.92 Å². The van der Waals surface area contributed by atoms with E-state index in [1.807, 2.05) is 0 Å². The monoisotopic (exact) mass is 203 g/mol. The summed E-state index contributed by atoms with van der Waals surface area (Å²) in [7, 11) is 0. The lowest BCUT2D eigenvalue weighted by Crippen LogP contribution is -2.29. The molecule has 15 heavy (non-hydrogen) atoms. The minimum absolute atomic E-state index is 0.491. The Kier molecular flexibility index (Phi) is 3.42.